The molecule has 1 fully saturated rings. The molecule has 4 aromatic rings. The summed E-state index contributed by atoms with van der Waals surface area (Å²) in [6, 6.07) is 27.8. The summed E-state index contributed by atoms with van der Waals surface area (Å²) in [6.07, 6.45) is 5.23. The molecule has 1 atom stereocenters. The summed E-state index contributed by atoms with van der Waals surface area (Å²) in [6.45, 7) is 3.37. The van der Waals surface area contributed by atoms with E-state index in [0.29, 0.717) is 5.75 Å². The summed E-state index contributed by atoms with van der Waals surface area (Å²) in [4.78, 5) is 30.7. The minimum absolute atomic E-state index is 0.0155. The molecule has 0 aliphatic heterocycles. The lowest BCUT2D eigenvalue weighted by molar-refractivity contribution is -0.140. The van der Waals surface area contributed by atoms with Crippen LogP contribution in [0.15, 0.2) is 102 Å². The minimum atomic E-state index is -4.31. The summed E-state index contributed by atoms with van der Waals surface area (Å²) in [7, 11) is -1.39. The van der Waals surface area contributed by atoms with Gasteiger partial charge in [0.2, 0.25) is 11.8 Å². The SMILES string of the molecule is COc1ccc(OC)c(N(CC(=O)N(Cc2ccc(C)cc2)[C@H](Cc2ccccc2)C(=O)NC2CCCCC2)S(=O)(=O)c2ccc(C)cc2)c1. The average molecular weight is 698 g/mol. The third-order valence-electron chi connectivity index (χ3n) is 9.24. The van der Waals surface area contributed by atoms with Gasteiger partial charge in [0.05, 0.1) is 24.8 Å². The highest BCUT2D eigenvalue weighted by molar-refractivity contribution is 7.92. The zero-order valence-electron chi connectivity index (χ0n) is 29.3. The first-order chi connectivity index (χ1) is 24.1. The summed E-state index contributed by atoms with van der Waals surface area (Å²) < 4.78 is 41.1. The summed E-state index contributed by atoms with van der Waals surface area (Å²) >= 11 is 0. The lowest BCUT2D eigenvalue weighted by Crippen LogP contribution is -2.55. The molecule has 0 heterocycles. The van der Waals surface area contributed by atoms with Gasteiger partial charge in [-0.05, 0) is 62.1 Å². The molecule has 5 rings (SSSR count). The van der Waals surface area contributed by atoms with Gasteiger partial charge in [0, 0.05) is 25.1 Å². The number of amides is 2. The quantitative estimate of drug-likeness (QED) is 0.159. The maximum atomic E-state index is 14.9. The molecule has 4 aromatic carbocycles. The topological polar surface area (TPSA) is 105 Å². The van der Waals surface area contributed by atoms with Gasteiger partial charge >= 0.3 is 0 Å². The Kier molecular flexibility index (Phi) is 12.2. The molecule has 1 saturated carbocycles. The van der Waals surface area contributed by atoms with E-state index in [0.717, 1.165) is 58.7 Å². The number of benzene rings is 4. The smallest absolute Gasteiger partial charge is 0.264 e. The number of carbonyl (C=O) groups excluding carboxylic acids is 2. The van der Waals surface area contributed by atoms with Crippen LogP contribution < -0.4 is 19.1 Å². The van der Waals surface area contributed by atoms with Crippen molar-refractivity contribution in [1.82, 2.24) is 10.2 Å². The highest BCUT2D eigenvalue weighted by Gasteiger charge is 2.36. The molecule has 1 aliphatic carbocycles. The second-order valence-electron chi connectivity index (χ2n) is 12.9. The molecule has 50 heavy (non-hydrogen) atoms. The van der Waals surface area contributed by atoms with E-state index in [-0.39, 0.29) is 41.2 Å². The Hall–Kier alpha value is -4.83. The number of nitrogens with zero attached hydrogens (tertiary/aromatic N) is 2. The summed E-state index contributed by atoms with van der Waals surface area (Å²) in [5.74, 6) is -0.156. The van der Waals surface area contributed by atoms with Crippen molar-refractivity contribution in [2.24, 2.45) is 0 Å². The average Bonchev–Trinajstić information content (AvgIpc) is 3.13. The number of rotatable bonds is 14. The molecule has 2 amide bonds. The van der Waals surface area contributed by atoms with Crippen molar-refractivity contribution < 1.29 is 27.5 Å². The number of methoxy groups -OCH3 is 2. The molecule has 0 bridgehead atoms. The highest BCUT2D eigenvalue weighted by Crippen LogP contribution is 2.36. The van der Waals surface area contributed by atoms with E-state index in [1.807, 2.05) is 68.4 Å². The highest BCUT2D eigenvalue weighted by atomic mass is 32.2. The lowest BCUT2D eigenvalue weighted by atomic mass is 9.94. The van der Waals surface area contributed by atoms with Crippen molar-refractivity contribution in [3.63, 3.8) is 0 Å². The maximum absolute atomic E-state index is 14.9. The van der Waals surface area contributed by atoms with Crippen molar-refractivity contribution in [3.8, 4) is 11.5 Å². The van der Waals surface area contributed by atoms with Gasteiger partial charge in [0.1, 0.15) is 24.1 Å². The fourth-order valence-corrected chi connectivity index (χ4v) is 7.75. The number of carbonyl (C=O) groups is 2. The van der Waals surface area contributed by atoms with Gasteiger partial charge in [-0.15, -0.1) is 0 Å². The van der Waals surface area contributed by atoms with Crippen LogP contribution in [0, 0.1) is 13.8 Å². The number of hydrogen-bond acceptors (Lipinski definition) is 6. The first-order valence-electron chi connectivity index (χ1n) is 17.1. The van der Waals surface area contributed by atoms with Crippen molar-refractivity contribution in [2.45, 2.75) is 75.9 Å². The number of hydrogen-bond donors (Lipinski definition) is 1. The van der Waals surface area contributed by atoms with E-state index in [1.165, 1.54) is 31.3 Å². The van der Waals surface area contributed by atoms with Crippen LogP contribution in [-0.4, -0.2) is 58.0 Å². The molecule has 0 radical (unpaired) electrons. The van der Waals surface area contributed by atoms with E-state index in [9.17, 15) is 18.0 Å². The van der Waals surface area contributed by atoms with E-state index in [4.69, 9.17) is 9.47 Å². The van der Waals surface area contributed by atoms with E-state index in [1.54, 1.807) is 30.3 Å². The van der Waals surface area contributed by atoms with E-state index < -0.39 is 28.5 Å². The monoisotopic (exact) mass is 697 g/mol. The standard InChI is InChI=1S/C40H47N3O6S/c1-29-15-19-32(20-16-29)27-42(37(25-31-11-7-5-8-12-31)40(45)41-33-13-9-6-10-14-33)39(44)28-43(36-26-34(48-3)21-24-38(36)49-4)50(46,47)35-22-17-30(2)18-23-35/h5,7-8,11-12,15-24,26,33,37H,6,9-10,13-14,25,27-28H2,1-4H3,(H,41,45)/t37-/m1/s1. The van der Waals surface area contributed by atoms with Crippen LogP contribution in [0.4, 0.5) is 5.69 Å². The largest absolute Gasteiger partial charge is 0.497 e. The molecule has 0 unspecified atom stereocenters. The molecule has 0 spiro atoms. The summed E-state index contributed by atoms with van der Waals surface area (Å²) in [5, 5.41) is 3.25. The maximum Gasteiger partial charge on any atom is 0.264 e. The third-order valence-corrected chi connectivity index (χ3v) is 11.0. The van der Waals surface area contributed by atoms with Crippen molar-refractivity contribution in [1.29, 1.82) is 0 Å². The van der Waals surface area contributed by atoms with Gasteiger partial charge in [-0.1, -0.05) is 97.1 Å². The molecule has 0 saturated heterocycles. The second kappa shape index (κ2) is 16.7. The zero-order chi connectivity index (χ0) is 35.7. The lowest BCUT2D eigenvalue weighted by Gasteiger charge is -2.35. The van der Waals surface area contributed by atoms with Gasteiger partial charge in [0.15, 0.2) is 0 Å². The fourth-order valence-electron chi connectivity index (χ4n) is 6.33. The molecule has 9 nitrogen and oxygen atoms in total. The Morgan fingerprint density at radius 1 is 0.800 bits per heavy atom. The first-order valence-corrected chi connectivity index (χ1v) is 18.5. The predicted octanol–water partition coefficient (Wildman–Crippen LogP) is 6.60. The minimum Gasteiger partial charge on any atom is -0.497 e. The Balaban J connectivity index is 1.61. The van der Waals surface area contributed by atoms with Crippen LogP contribution in [0.2, 0.25) is 0 Å². The predicted molar refractivity (Wildman–Crippen MR) is 196 cm³/mol. The Labute approximate surface area is 296 Å². The van der Waals surface area contributed by atoms with Crippen LogP contribution in [0.1, 0.15) is 54.4 Å². The molecule has 0 aromatic heterocycles. The Morgan fingerprint density at radius 3 is 2.06 bits per heavy atom. The number of nitrogens with one attached hydrogen (secondary N) is 1. The molecule has 264 valence electrons. The van der Waals surface area contributed by atoms with Gasteiger partial charge < -0.3 is 19.7 Å². The van der Waals surface area contributed by atoms with Gasteiger partial charge in [-0.3, -0.25) is 13.9 Å². The van der Waals surface area contributed by atoms with Crippen LogP contribution in [0.5, 0.6) is 11.5 Å². The van der Waals surface area contributed by atoms with Gasteiger partial charge in [-0.2, -0.15) is 0 Å². The zero-order valence-corrected chi connectivity index (χ0v) is 30.1. The molecular weight excluding hydrogens is 651 g/mol. The van der Waals surface area contributed by atoms with Gasteiger partial charge in [-0.25, -0.2) is 8.42 Å². The molecule has 1 aliphatic rings. The van der Waals surface area contributed by atoms with Crippen LogP contribution >= 0.6 is 0 Å². The summed E-state index contributed by atoms with van der Waals surface area (Å²) in [5.41, 5.74) is 3.80. The fraction of sp³-hybridized carbons (Fsp3) is 0.350. The van der Waals surface area contributed by atoms with E-state index in [2.05, 4.69) is 5.32 Å². The molecular formula is C40H47N3O6S. The Morgan fingerprint density at radius 2 is 1.44 bits per heavy atom. The molecule has 1 N–H and O–H groups in total. The van der Waals surface area contributed by atoms with Crippen molar-refractivity contribution >= 4 is 27.5 Å². The van der Waals surface area contributed by atoms with E-state index >= 15 is 0 Å². The molecule has 10 heteroatoms. The number of anilines is 1. The van der Waals surface area contributed by atoms with Crippen LogP contribution in [0.25, 0.3) is 0 Å². The Bertz CT molecular complexity index is 1840. The van der Waals surface area contributed by atoms with Crippen molar-refractivity contribution in [3.05, 3.63) is 119 Å². The normalized spacial score (nSPS) is 14.0. The van der Waals surface area contributed by atoms with Gasteiger partial charge in [0.25, 0.3) is 10.0 Å². The van der Waals surface area contributed by atoms with Crippen LogP contribution in [0.3, 0.4) is 0 Å². The van der Waals surface area contributed by atoms with Crippen molar-refractivity contribution in [2.75, 3.05) is 25.1 Å². The number of aryl methyl sites for hydroxylation is 2. The third kappa shape index (κ3) is 9.04. The van der Waals surface area contributed by atoms with Crippen LogP contribution in [-0.2, 0) is 32.6 Å². The number of ether oxygens (including phenoxy) is 2. The number of sulfonamides is 1. The second-order valence-corrected chi connectivity index (χ2v) is 14.8. The first kappa shape index (κ1) is 36.5.